The van der Waals surface area contributed by atoms with Crippen LogP contribution in [-0.2, 0) is 0 Å². The van der Waals surface area contributed by atoms with Crippen LogP contribution in [-0.4, -0.2) is 30.4 Å². The number of aromatic nitrogens is 6. The van der Waals surface area contributed by atoms with Crippen LogP contribution in [0.1, 0.15) is 28.6 Å². The molecule has 0 aliphatic rings. The molecular weight excluding hydrogens is 523 g/mol. The molecule has 5 rings (SSSR count). The molecule has 0 fully saturated rings. The maximum atomic E-state index is 13.8. The van der Waals surface area contributed by atoms with Crippen LogP contribution in [0.3, 0.4) is 0 Å². The lowest BCUT2D eigenvalue weighted by molar-refractivity contribution is 0.480. The molecule has 0 radical (unpaired) electrons. The van der Waals surface area contributed by atoms with Crippen LogP contribution in [0.4, 0.5) is 25.8 Å². The van der Waals surface area contributed by atoms with Gasteiger partial charge >= 0.3 is 0 Å². The third-order valence-corrected chi connectivity index (χ3v) is 6.05. The number of aromatic amines is 1. The lowest BCUT2D eigenvalue weighted by Crippen LogP contribution is -2.15. The lowest BCUT2D eigenvalue weighted by Gasteiger charge is -2.21. The largest absolute Gasteiger partial charge is 0.373 e. The second-order valence-electron chi connectivity index (χ2n) is 7.92. The number of hydrogen-bond donors (Lipinski definition) is 3. The van der Waals surface area contributed by atoms with Crippen LogP contribution < -0.4 is 10.6 Å². The van der Waals surface area contributed by atoms with Crippen LogP contribution in [0.5, 0.6) is 0 Å². The molecular formula is C24H15Cl2F2N9. The van der Waals surface area contributed by atoms with Gasteiger partial charge < -0.3 is 10.6 Å². The van der Waals surface area contributed by atoms with E-state index < -0.39 is 17.8 Å². The Morgan fingerprint density at radius 1 is 1.05 bits per heavy atom. The van der Waals surface area contributed by atoms with Crippen molar-refractivity contribution in [1.82, 2.24) is 30.4 Å². The summed E-state index contributed by atoms with van der Waals surface area (Å²) in [5, 5.41) is 27.9. The molecule has 13 heteroatoms. The van der Waals surface area contributed by atoms with Gasteiger partial charge in [-0.05, 0) is 25.1 Å². The zero-order valence-corrected chi connectivity index (χ0v) is 20.4. The van der Waals surface area contributed by atoms with E-state index in [4.69, 9.17) is 23.2 Å². The summed E-state index contributed by atoms with van der Waals surface area (Å²) >= 11 is 12.6. The van der Waals surface area contributed by atoms with E-state index in [1.165, 1.54) is 6.20 Å². The first-order chi connectivity index (χ1) is 17.8. The average molecular weight is 538 g/mol. The summed E-state index contributed by atoms with van der Waals surface area (Å²) < 4.78 is 27.1. The number of hydrogen-bond acceptors (Lipinski definition) is 8. The van der Waals surface area contributed by atoms with E-state index in [0.717, 1.165) is 17.8 Å². The highest BCUT2D eigenvalue weighted by molar-refractivity contribution is 6.36. The molecule has 0 spiro atoms. The first kappa shape index (κ1) is 24.3. The van der Waals surface area contributed by atoms with Gasteiger partial charge in [0, 0.05) is 34.6 Å². The van der Waals surface area contributed by atoms with Gasteiger partial charge in [-0.1, -0.05) is 29.3 Å². The molecule has 9 nitrogen and oxygen atoms in total. The first-order valence-corrected chi connectivity index (χ1v) is 11.5. The summed E-state index contributed by atoms with van der Waals surface area (Å²) in [4.78, 5) is 12.0. The van der Waals surface area contributed by atoms with Crippen LogP contribution in [0.25, 0.3) is 10.9 Å². The molecule has 0 bridgehead atoms. The molecule has 4 heterocycles. The number of rotatable bonds is 6. The maximum Gasteiger partial charge on any atom is 0.249 e. The predicted octanol–water partition coefficient (Wildman–Crippen LogP) is 5.85. The third kappa shape index (κ3) is 4.84. The zero-order chi connectivity index (χ0) is 26.1. The molecule has 3 N–H and O–H groups in total. The fourth-order valence-corrected chi connectivity index (χ4v) is 4.33. The van der Waals surface area contributed by atoms with Gasteiger partial charge in [0.1, 0.15) is 16.9 Å². The Morgan fingerprint density at radius 2 is 1.89 bits per heavy atom. The van der Waals surface area contributed by atoms with Gasteiger partial charge in [0.05, 0.1) is 45.9 Å². The maximum absolute atomic E-state index is 13.8. The molecule has 0 aliphatic heterocycles. The van der Waals surface area contributed by atoms with Crippen molar-refractivity contribution in [3.05, 3.63) is 93.4 Å². The number of nitriles is 1. The molecule has 37 heavy (non-hydrogen) atoms. The number of benzene rings is 1. The fraction of sp³-hybridized carbons (Fsp3) is 0.0833. The number of aryl methyl sites for hydroxylation is 1. The van der Waals surface area contributed by atoms with Gasteiger partial charge in [-0.3, -0.25) is 4.98 Å². The number of nitrogens with zero attached hydrogens (tertiary/aromatic N) is 6. The Bertz CT molecular complexity index is 1670. The molecule has 1 aromatic carbocycles. The highest BCUT2D eigenvalue weighted by Crippen LogP contribution is 2.37. The van der Waals surface area contributed by atoms with E-state index in [1.54, 1.807) is 24.4 Å². The highest BCUT2D eigenvalue weighted by atomic mass is 35.5. The topological polar surface area (TPSA) is 128 Å². The molecule has 0 aliphatic carbocycles. The summed E-state index contributed by atoms with van der Waals surface area (Å²) in [5.74, 6) is -2.37. The van der Waals surface area contributed by atoms with Crippen LogP contribution >= 0.6 is 23.2 Å². The Kier molecular flexibility index (Phi) is 6.52. The minimum Gasteiger partial charge on any atom is -0.373 e. The van der Waals surface area contributed by atoms with Crippen molar-refractivity contribution in [2.24, 2.45) is 0 Å². The Balaban J connectivity index is 1.63. The minimum absolute atomic E-state index is 0.140. The quantitative estimate of drug-likeness (QED) is 0.230. The van der Waals surface area contributed by atoms with Gasteiger partial charge in [-0.15, -0.1) is 0 Å². The number of halogens is 4. The second kappa shape index (κ2) is 9.93. The molecule has 5 aromatic rings. The van der Waals surface area contributed by atoms with E-state index in [1.807, 2.05) is 13.0 Å². The Hall–Kier alpha value is -4.40. The molecule has 0 saturated carbocycles. The Morgan fingerprint density at radius 3 is 2.59 bits per heavy atom. The Labute approximate surface area is 218 Å². The standard InChI is InChI=1S/C24H15Cl2F2N9/c1-11-15(2-3-20(26)33-11)23(19-10-32-37-36-19)34-13-4-16-21(35-14-6-18(27)24(28)31-9-14)12(7-29)8-30-22(16)17(25)5-13/h2-6,8-10,23,34H,1H3,(H,30,35)(H,32,36,37). The third-order valence-electron chi connectivity index (χ3n) is 5.56. The monoisotopic (exact) mass is 537 g/mol. The van der Waals surface area contributed by atoms with Gasteiger partial charge in [0.25, 0.3) is 0 Å². The second-order valence-corrected chi connectivity index (χ2v) is 8.71. The van der Waals surface area contributed by atoms with Gasteiger partial charge in [0.15, 0.2) is 5.82 Å². The van der Waals surface area contributed by atoms with E-state index in [-0.39, 0.29) is 11.3 Å². The van der Waals surface area contributed by atoms with E-state index in [2.05, 4.69) is 47.1 Å². The van der Waals surface area contributed by atoms with Gasteiger partial charge in [-0.2, -0.15) is 25.1 Å². The van der Waals surface area contributed by atoms with Crippen molar-refractivity contribution < 1.29 is 8.78 Å². The first-order valence-electron chi connectivity index (χ1n) is 10.7. The smallest absolute Gasteiger partial charge is 0.249 e. The summed E-state index contributed by atoms with van der Waals surface area (Å²) in [6, 6.07) is 9.42. The van der Waals surface area contributed by atoms with E-state index in [0.29, 0.717) is 43.8 Å². The van der Waals surface area contributed by atoms with Gasteiger partial charge in [-0.25, -0.2) is 14.4 Å². The van der Waals surface area contributed by atoms with Crippen LogP contribution in [0.15, 0.2) is 48.9 Å². The molecule has 184 valence electrons. The molecule has 4 aromatic heterocycles. The molecule has 0 saturated heterocycles. The van der Waals surface area contributed by atoms with Crippen LogP contribution in [0.2, 0.25) is 10.2 Å². The number of fused-ring (bicyclic) bond motifs is 1. The fourth-order valence-electron chi connectivity index (χ4n) is 3.87. The van der Waals surface area contributed by atoms with Gasteiger partial charge in [0.2, 0.25) is 5.95 Å². The normalized spacial score (nSPS) is 11.8. The minimum atomic E-state index is -1.23. The summed E-state index contributed by atoms with van der Waals surface area (Å²) in [5.41, 5.74) is 3.62. The van der Waals surface area contributed by atoms with Crippen molar-refractivity contribution >= 4 is 51.2 Å². The predicted molar refractivity (Wildman–Crippen MR) is 135 cm³/mol. The van der Waals surface area contributed by atoms with Crippen molar-refractivity contribution in [2.45, 2.75) is 13.0 Å². The zero-order valence-electron chi connectivity index (χ0n) is 18.9. The SMILES string of the molecule is Cc1nc(Cl)ccc1C(Nc1cc(Cl)c2ncc(C#N)c(Nc3cnc(F)c(F)c3)c2c1)c1cn[nH]n1. The highest BCUT2D eigenvalue weighted by Gasteiger charge is 2.21. The summed E-state index contributed by atoms with van der Waals surface area (Å²) in [6.07, 6.45) is 4.04. The van der Waals surface area contributed by atoms with Crippen molar-refractivity contribution in [1.29, 1.82) is 5.26 Å². The van der Waals surface area contributed by atoms with Crippen LogP contribution in [0, 0.1) is 30.0 Å². The summed E-state index contributed by atoms with van der Waals surface area (Å²) in [7, 11) is 0. The number of anilines is 3. The molecule has 1 unspecified atom stereocenters. The number of pyridine rings is 3. The van der Waals surface area contributed by atoms with Crippen molar-refractivity contribution in [2.75, 3.05) is 10.6 Å². The van der Waals surface area contributed by atoms with Crippen molar-refractivity contribution in [3.8, 4) is 6.07 Å². The molecule has 0 amide bonds. The molecule has 1 atom stereocenters. The lowest BCUT2D eigenvalue weighted by atomic mass is 10.0. The van der Waals surface area contributed by atoms with E-state index >= 15 is 0 Å². The number of H-pyrrole nitrogens is 1. The van der Waals surface area contributed by atoms with E-state index in [9.17, 15) is 14.0 Å². The average Bonchev–Trinajstić information content (AvgIpc) is 3.40. The number of nitrogens with one attached hydrogen (secondary N) is 3. The van der Waals surface area contributed by atoms with Crippen molar-refractivity contribution in [3.63, 3.8) is 0 Å². The summed E-state index contributed by atoms with van der Waals surface area (Å²) in [6.45, 7) is 1.82.